The Morgan fingerprint density at radius 2 is 1.79 bits per heavy atom. The molecule has 0 aliphatic heterocycles. The maximum absolute atomic E-state index is 9.16. The molecule has 0 radical (unpaired) electrons. The summed E-state index contributed by atoms with van der Waals surface area (Å²) in [5.74, 6) is 0.687. The highest BCUT2D eigenvalue weighted by Gasteiger charge is 2.05. The number of benzene rings is 2. The van der Waals surface area contributed by atoms with E-state index in [1.54, 1.807) is 6.07 Å². The van der Waals surface area contributed by atoms with Crippen molar-refractivity contribution in [2.75, 3.05) is 0 Å². The van der Waals surface area contributed by atoms with E-state index >= 15 is 0 Å². The molecule has 3 aromatic rings. The molecule has 3 nitrogen and oxygen atoms in total. The van der Waals surface area contributed by atoms with Gasteiger partial charge in [0.05, 0.1) is 0 Å². The van der Waals surface area contributed by atoms with Crippen molar-refractivity contribution >= 4 is 11.0 Å². The van der Waals surface area contributed by atoms with Gasteiger partial charge in [0.2, 0.25) is 0 Å². The molecule has 3 heteroatoms. The normalized spacial score (nSPS) is 11.9. The Bertz CT molecular complexity index is 789. The second kappa shape index (κ2) is 4.61. The van der Waals surface area contributed by atoms with E-state index in [1.165, 1.54) is 0 Å². The molecule has 2 aromatic carbocycles. The fourth-order valence-corrected chi connectivity index (χ4v) is 2.10. The van der Waals surface area contributed by atoms with Gasteiger partial charge in [-0.15, -0.1) is 0 Å². The highest BCUT2D eigenvalue weighted by Crippen LogP contribution is 2.22. The Kier molecular flexibility index (Phi) is 2.80. The molecular weight excluding hydrogens is 238 g/mol. The number of hydrogen-bond acceptors (Lipinski definition) is 3. The van der Waals surface area contributed by atoms with Crippen LogP contribution >= 0.6 is 0 Å². The Labute approximate surface area is 110 Å². The van der Waals surface area contributed by atoms with Crippen LogP contribution in [0.3, 0.4) is 0 Å². The first-order valence-electron chi connectivity index (χ1n) is 6.06. The van der Waals surface area contributed by atoms with Gasteiger partial charge in [0.1, 0.15) is 16.7 Å². The van der Waals surface area contributed by atoms with Crippen molar-refractivity contribution < 1.29 is 9.62 Å². The summed E-state index contributed by atoms with van der Waals surface area (Å²) in [6.45, 7) is 2.00. The van der Waals surface area contributed by atoms with Gasteiger partial charge in [0, 0.05) is 17.0 Å². The van der Waals surface area contributed by atoms with E-state index in [1.807, 2.05) is 55.5 Å². The molecule has 1 aromatic heterocycles. The molecule has 1 heterocycles. The lowest BCUT2D eigenvalue weighted by Gasteiger charge is -2.04. The van der Waals surface area contributed by atoms with Crippen molar-refractivity contribution in [1.29, 1.82) is 0 Å². The zero-order valence-corrected chi connectivity index (χ0v) is 10.5. The first-order valence-corrected chi connectivity index (χ1v) is 6.06. The molecular formula is C16H13NO2. The van der Waals surface area contributed by atoms with E-state index in [9.17, 15) is 0 Å². The highest BCUT2D eigenvalue weighted by molar-refractivity contribution is 5.79. The van der Waals surface area contributed by atoms with E-state index in [0.717, 1.165) is 16.5 Å². The van der Waals surface area contributed by atoms with Crippen LogP contribution in [0.2, 0.25) is 0 Å². The van der Waals surface area contributed by atoms with E-state index in [4.69, 9.17) is 9.62 Å². The van der Waals surface area contributed by atoms with Gasteiger partial charge in [-0.3, -0.25) is 0 Å². The SMILES string of the molecule is Cc1ccc2/c(=N\O)cc(-c3ccccc3)oc2c1. The number of hydrogen-bond donors (Lipinski definition) is 1. The third-order valence-electron chi connectivity index (χ3n) is 3.07. The number of nitrogens with zero attached hydrogens (tertiary/aromatic N) is 1. The molecule has 1 N–H and O–H groups in total. The minimum absolute atomic E-state index is 0.514. The summed E-state index contributed by atoms with van der Waals surface area (Å²) in [5, 5.41) is 13.8. The zero-order chi connectivity index (χ0) is 13.2. The van der Waals surface area contributed by atoms with Crippen LogP contribution < -0.4 is 5.36 Å². The molecule has 94 valence electrons. The van der Waals surface area contributed by atoms with Crippen LogP contribution in [0.1, 0.15) is 5.56 Å². The Morgan fingerprint density at radius 3 is 2.53 bits per heavy atom. The van der Waals surface area contributed by atoms with Gasteiger partial charge in [0.15, 0.2) is 0 Å². The Hall–Kier alpha value is -2.55. The smallest absolute Gasteiger partial charge is 0.137 e. The quantitative estimate of drug-likeness (QED) is 0.529. The van der Waals surface area contributed by atoms with Gasteiger partial charge >= 0.3 is 0 Å². The predicted molar refractivity (Wildman–Crippen MR) is 73.7 cm³/mol. The predicted octanol–water partition coefficient (Wildman–Crippen LogP) is 3.70. The molecule has 0 saturated heterocycles. The van der Waals surface area contributed by atoms with E-state index in [2.05, 4.69) is 5.16 Å². The van der Waals surface area contributed by atoms with Crippen molar-refractivity contribution in [3.63, 3.8) is 0 Å². The average Bonchev–Trinajstić information content (AvgIpc) is 2.46. The second-order valence-electron chi connectivity index (χ2n) is 4.46. The minimum Gasteiger partial charge on any atom is -0.456 e. The fraction of sp³-hybridized carbons (Fsp3) is 0.0625. The number of rotatable bonds is 1. The first kappa shape index (κ1) is 11.5. The standard InChI is InChI=1S/C16H13NO2/c1-11-7-8-13-14(17-18)10-15(19-16(13)9-11)12-5-3-2-4-6-12/h2-10,18H,1H3/b17-14-. The summed E-state index contributed by atoms with van der Waals surface area (Å²) in [6.07, 6.45) is 0. The second-order valence-corrected chi connectivity index (χ2v) is 4.46. The number of fused-ring (bicyclic) bond motifs is 1. The summed E-state index contributed by atoms with van der Waals surface area (Å²) in [4.78, 5) is 0. The Morgan fingerprint density at radius 1 is 1.00 bits per heavy atom. The van der Waals surface area contributed by atoms with Crippen LogP contribution in [0.25, 0.3) is 22.3 Å². The van der Waals surface area contributed by atoms with Gasteiger partial charge in [-0.2, -0.15) is 0 Å². The van der Waals surface area contributed by atoms with Crippen LogP contribution in [0, 0.1) is 6.92 Å². The fourth-order valence-electron chi connectivity index (χ4n) is 2.10. The lowest BCUT2D eigenvalue weighted by atomic mass is 10.1. The first-order chi connectivity index (χ1) is 9.28. The van der Waals surface area contributed by atoms with Crippen LogP contribution in [0.5, 0.6) is 0 Å². The van der Waals surface area contributed by atoms with Gasteiger partial charge in [-0.1, -0.05) is 41.6 Å². The Balaban J connectivity index is 2.34. The van der Waals surface area contributed by atoms with E-state index < -0.39 is 0 Å². The lowest BCUT2D eigenvalue weighted by Crippen LogP contribution is -2.03. The summed E-state index contributed by atoms with van der Waals surface area (Å²) >= 11 is 0. The maximum Gasteiger partial charge on any atom is 0.137 e. The third kappa shape index (κ3) is 2.10. The van der Waals surface area contributed by atoms with Crippen LogP contribution in [0.4, 0.5) is 0 Å². The van der Waals surface area contributed by atoms with Crippen LogP contribution in [0.15, 0.2) is 64.2 Å². The van der Waals surface area contributed by atoms with Gasteiger partial charge in [-0.05, 0) is 24.6 Å². The van der Waals surface area contributed by atoms with E-state index in [-0.39, 0.29) is 0 Å². The molecule has 0 fully saturated rings. The molecule has 19 heavy (non-hydrogen) atoms. The van der Waals surface area contributed by atoms with Gasteiger partial charge in [-0.25, -0.2) is 0 Å². The molecule has 0 amide bonds. The lowest BCUT2D eigenvalue weighted by molar-refractivity contribution is 0.302. The number of aryl methyl sites for hydroxylation is 1. The summed E-state index contributed by atoms with van der Waals surface area (Å²) in [6, 6.07) is 17.3. The summed E-state index contributed by atoms with van der Waals surface area (Å²) < 4.78 is 5.90. The highest BCUT2D eigenvalue weighted by atomic mass is 16.4. The van der Waals surface area contributed by atoms with Crippen molar-refractivity contribution in [3.05, 3.63) is 65.5 Å². The van der Waals surface area contributed by atoms with E-state index in [0.29, 0.717) is 16.7 Å². The summed E-state index contributed by atoms with van der Waals surface area (Å²) in [5.41, 5.74) is 2.77. The zero-order valence-electron chi connectivity index (χ0n) is 10.5. The average molecular weight is 251 g/mol. The van der Waals surface area contributed by atoms with Crippen molar-refractivity contribution in [2.24, 2.45) is 5.16 Å². The maximum atomic E-state index is 9.16. The molecule has 0 bridgehead atoms. The molecule has 0 spiro atoms. The molecule has 3 rings (SSSR count). The van der Waals surface area contributed by atoms with Crippen molar-refractivity contribution in [3.8, 4) is 11.3 Å². The molecule has 0 saturated carbocycles. The summed E-state index contributed by atoms with van der Waals surface area (Å²) in [7, 11) is 0. The topological polar surface area (TPSA) is 45.7 Å². The molecule has 0 aliphatic carbocycles. The van der Waals surface area contributed by atoms with Crippen LogP contribution in [-0.2, 0) is 0 Å². The van der Waals surface area contributed by atoms with Crippen molar-refractivity contribution in [2.45, 2.75) is 6.92 Å². The van der Waals surface area contributed by atoms with Gasteiger partial charge < -0.3 is 9.62 Å². The monoisotopic (exact) mass is 251 g/mol. The molecule has 0 aliphatic rings. The third-order valence-corrected chi connectivity index (χ3v) is 3.07. The minimum atomic E-state index is 0.514. The van der Waals surface area contributed by atoms with Crippen LogP contribution in [-0.4, -0.2) is 5.21 Å². The molecule has 0 atom stereocenters. The largest absolute Gasteiger partial charge is 0.456 e. The van der Waals surface area contributed by atoms with Gasteiger partial charge in [0.25, 0.3) is 0 Å². The molecule has 0 unspecified atom stereocenters. The van der Waals surface area contributed by atoms with Crippen molar-refractivity contribution in [1.82, 2.24) is 0 Å².